The smallest absolute Gasteiger partial charge is 0.241 e. The fourth-order valence-corrected chi connectivity index (χ4v) is 1.41. The zero-order valence-electron chi connectivity index (χ0n) is 7.10. The average molecular weight is 195 g/mol. The fraction of sp³-hybridized carbons (Fsp3) is 0.111. The Bertz CT molecular complexity index is 322. The van der Waals surface area contributed by atoms with Crippen LogP contribution in [0.4, 0.5) is 0 Å². The molecule has 0 bridgehead atoms. The lowest BCUT2D eigenvalue weighted by molar-refractivity contribution is -0.105. The molecule has 0 unspecified atom stereocenters. The Hall–Kier alpha value is -1.29. The van der Waals surface area contributed by atoms with E-state index in [-0.39, 0.29) is 10.8 Å². The Balaban J connectivity index is 2.66. The number of hydrogen-bond donors (Lipinski definition) is 1. The van der Waals surface area contributed by atoms with E-state index in [4.69, 9.17) is 5.21 Å². The molecule has 4 heteroatoms. The first-order valence-electron chi connectivity index (χ1n) is 3.70. The number of thioether (sulfide) groups is 1. The van der Waals surface area contributed by atoms with Crippen molar-refractivity contribution < 1.29 is 10.0 Å². The van der Waals surface area contributed by atoms with Gasteiger partial charge in [-0.15, -0.1) is 0 Å². The van der Waals surface area contributed by atoms with E-state index in [1.165, 1.54) is 6.92 Å². The third-order valence-corrected chi connectivity index (χ3v) is 2.39. The van der Waals surface area contributed by atoms with Gasteiger partial charge in [0.05, 0.1) is 0 Å². The van der Waals surface area contributed by atoms with Crippen LogP contribution in [0.2, 0.25) is 0 Å². The summed E-state index contributed by atoms with van der Waals surface area (Å²) >= 11 is 1.05. The number of rotatable bonds is 2. The number of hydrogen-bond acceptors (Lipinski definition) is 4. The molecular formula is C9H9NO2S. The van der Waals surface area contributed by atoms with E-state index in [1.807, 2.05) is 30.3 Å². The molecule has 3 nitrogen and oxygen atoms in total. The second kappa shape index (κ2) is 4.67. The summed E-state index contributed by atoms with van der Waals surface area (Å²) in [5.41, 5.74) is 0.105. The molecule has 0 amide bonds. The molecule has 0 aliphatic carbocycles. The van der Waals surface area contributed by atoms with Crippen molar-refractivity contribution in [3.8, 4) is 0 Å². The summed E-state index contributed by atoms with van der Waals surface area (Å²) < 4.78 is 0. The molecule has 1 rings (SSSR count). The van der Waals surface area contributed by atoms with Crippen LogP contribution in [-0.2, 0) is 4.79 Å². The molecular weight excluding hydrogens is 186 g/mol. The van der Waals surface area contributed by atoms with Crippen molar-refractivity contribution in [3.63, 3.8) is 0 Å². The van der Waals surface area contributed by atoms with Gasteiger partial charge >= 0.3 is 0 Å². The van der Waals surface area contributed by atoms with Gasteiger partial charge in [0.15, 0.2) is 0 Å². The van der Waals surface area contributed by atoms with Crippen LogP contribution in [0.25, 0.3) is 0 Å². The third-order valence-electron chi connectivity index (χ3n) is 1.40. The minimum atomic E-state index is -0.242. The van der Waals surface area contributed by atoms with Crippen LogP contribution in [0, 0.1) is 0 Å². The Morgan fingerprint density at radius 1 is 1.38 bits per heavy atom. The summed E-state index contributed by atoms with van der Waals surface area (Å²) in [5, 5.41) is 10.9. The van der Waals surface area contributed by atoms with E-state index >= 15 is 0 Å². The highest BCUT2D eigenvalue weighted by molar-refractivity contribution is 8.15. The fourth-order valence-electron chi connectivity index (χ4n) is 0.710. The van der Waals surface area contributed by atoms with Crippen LogP contribution in [-0.4, -0.2) is 16.0 Å². The predicted molar refractivity (Wildman–Crippen MR) is 52.2 cm³/mol. The number of nitrogens with zero attached hydrogens (tertiary/aromatic N) is 1. The molecule has 0 aromatic heterocycles. The first kappa shape index (κ1) is 9.80. The van der Waals surface area contributed by atoms with Gasteiger partial charge in [0, 0.05) is 4.90 Å². The van der Waals surface area contributed by atoms with E-state index in [9.17, 15) is 4.79 Å². The summed E-state index contributed by atoms with van der Waals surface area (Å²) in [5.74, 6) is 0. The maximum Gasteiger partial charge on any atom is 0.241 e. The van der Waals surface area contributed by atoms with Crippen molar-refractivity contribution in [2.45, 2.75) is 11.8 Å². The third kappa shape index (κ3) is 2.91. The highest BCUT2D eigenvalue weighted by Crippen LogP contribution is 2.18. The van der Waals surface area contributed by atoms with Gasteiger partial charge in [0.1, 0.15) is 5.71 Å². The van der Waals surface area contributed by atoms with Crippen molar-refractivity contribution in [1.82, 2.24) is 0 Å². The van der Waals surface area contributed by atoms with Crippen molar-refractivity contribution in [2.75, 3.05) is 0 Å². The van der Waals surface area contributed by atoms with E-state index < -0.39 is 0 Å². The molecule has 68 valence electrons. The highest BCUT2D eigenvalue weighted by atomic mass is 32.2. The summed E-state index contributed by atoms with van der Waals surface area (Å²) in [6, 6.07) is 9.23. The number of carbonyl (C=O) groups excluding carboxylic acids is 1. The van der Waals surface area contributed by atoms with Crippen LogP contribution >= 0.6 is 11.8 Å². The van der Waals surface area contributed by atoms with Crippen LogP contribution < -0.4 is 0 Å². The van der Waals surface area contributed by atoms with Crippen molar-refractivity contribution >= 4 is 22.6 Å². The largest absolute Gasteiger partial charge is 0.411 e. The van der Waals surface area contributed by atoms with E-state index in [0.29, 0.717) is 0 Å². The molecule has 0 atom stereocenters. The SMILES string of the molecule is C/C(=N/O)C(=O)Sc1ccccc1. The van der Waals surface area contributed by atoms with Crippen molar-refractivity contribution in [2.24, 2.45) is 5.16 Å². The van der Waals surface area contributed by atoms with Crippen molar-refractivity contribution in [1.29, 1.82) is 0 Å². The van der Waals surface area contributed by atoms with Gasteiger partial charge in [0.25, 0.3) is 0 Å². The molecule has 0 aliphatic heterocycles. The highest BCUT2D eigenvalue weighted by Gasteiger charge is 2.07. The molecule has 0 aliphatic rings. The lowest BCUT2D eigenvalue weighted by atomic mass is 10.4. The molecule has 13 heavy (non-hydrogen) atoms. The summed E-state index contributed by atoms with van der Waals surface area (Å²) in [4.78, 5) is 12.1. The Morgan fingerprint density at radius 2 is 2.00 bits per heavy atom. The van der Waals surface area contributed by atoms with Gasteiger partial charge in [-0.05, 0) is 30.8 Å². The average Bonchev–Trinajstić information content (AvgIpc) is 2.18. The second-order valence-electron chi connectivity index (χ2n) is 2.39. The maximum atomic E-state index is 11.2. The van der Waals surface area contributed by atoms with E-state index in [0.717, 1.165) is 16.7 Å². The summed E-state index contributed by atoms with van der Waals surface area (Å²) in [6.45, 7) is 1.47. The molecule has 1 N–H and O–H groups in total. The van der Waals surface area contributed by atoms with Crippen LogP contribution in [0.5, 0.6) is 0 Å². The topological polar surface area (TPSA) is 49.7 Å². The van der Waals surface area contributed by atoms with Gasteiger partial charge in [-0.2, -0.15) is 0 Å². The first-order valence-corrected chi connectivity index (χ1v) is 4.51. The monoisotopic (exact) mass is 195 g/mol. The minimum absolute atomic E-state index is 0.105. The molecule has 1 aromatic rings. The summed E-state index contributed by atoms with van der Waals surface area (Å²) in [6.07, 6.45) is 0. The lowest BCUT2D eigenvalue weighted by Gasteiger charge is -1.97. The van der Waals surface area contributed by atoms with E-state index in [2.05, 4.69) is 5.16 Å². The quantitative estimate of drug-likeness (QED) is 0.340. The minimum Gasteiger partial charge on any atom is -0.411 e. The van der Waals surface area contributed by atoms with Gasteiger partial charge in [-0.1, -0.05) is 23.4 Å². The molecule has 1 aromatic carbocycles. The van der Waals surface area contributed by atoms with Gasteiger partial charge < -0.3 is 5.21 Å². The van der Waals surface area contributed by atoms with Crippen LogP contribution in [0.15, 0.2) is 40.4 Å². The second-order valence-corrected chi connectivity index (χ2v) is 3.43. The van der Waals surface area contributed by atoms with E-state index in [1.54, 1.807) is 0 Å². The lowest BCUT2D eigenvalue weighted by Crippen LogP contribution is -2.04. The molecule has 0 spiro atoms. The predicted octanol–water partition coefficient (Wildman–Crippen LogP) is 2.16. The number of benzene rings is 1. The molecule has 0 fully saturated rings. The Labute approximate surface area is 80.5 Å². The van der Waals surface area contributed by atoms with Gasteiger partial charge in [-0.3, -0.25) is 4.79 Å². The zero-order valence-corrected chi connectivity index (χ0v) is 7.91. The first-order chi connectivity index (χ1) is 6.24. The van der Waals surface area contributed by atoms with Crippen LogP contribution in [0.3, 0.4) is 0 Å². The summed E-state index contributed by atoms with van der Waals surface area (Å²) in [7, 11) is 0. The number of carbonyl (C=O) groups is 1. The van der Waals surface area contributed by atoms with Crippen molar-refractivity contribution in [3.05, 3.63) is 30.3 Å². The zero-order chi connectivity index (χ0) is 9.68. The van der Waals surface area contributed by atoms with Gasteiger partial charge in [0.2, 0.25) is 5.12 Å². The molecule has 0 heterocycles. The van der Waals surface area contributed by atoms with Crippen LogP contribution in [0.1, 0.15) is 6.92 Å². The number of oxime groups is 1. The normalized spacial score (nSPS) is 11.3. The molecule has 0 saturated heterocycles. The Kier molecular flexibility index (Phi) is 3.52. The maximum absolute atomic E-state index is 11.2. The Morgan fingerprint density at radius 3 is 2.54 bits per heavy atom. The standard InChI is InChI=1S/C9H9NO2S/c1-7(10-12)9(11)13-8-5-3-2-4-6-8/h2-6,12H,1H3/b10-7-. The molecule has 0 radical (unpaired) electrons. The molecule has 0 saturated carbocycles. The van der Waals surface area contributed by atoms with Gasteiger partial charge in [-0.25, -0.2) is 0 Å².